The average Bonchev–Trinajstić information content (AvgIpc) is 2.89. The first kappa shape index (κ1) is 14.5. The molecule has 0 aromatic heterocycles. The third-order valence-electron chi connectivity index (χ3n) is 3.80. The summed E-state index contributed by atoms with van der Waals surface area (Å²) in [4.78, 5) is 0. The van der Waals surface area contributed by atoms with E-state index in [-0.39, 0.29) is 0 Å². The van der Waals surface area contributed by atoms with Crippen LogP contribution in [-0.2, 0) is 11.2 Å². The highest BCUT2D eigenvalue weighted by Gasteiger charge is 2.16. The zero-order valence-electron chi connectivity index (χ0n) is 12.5. The first-order chi connectivity index (χ1) is 9.15. The number of hydrogen-bond acceptors (Lipinski definition) is 2. The van der Waals surface area contributed by atoms with Gasteiger partial charge in [0.15, 0.2) is 0 Å². The third kappa shape index (κ3) is 4.63. The number of hydrogen-bond donors (Lipinski definition) is 1. The molecule has 0 aliphatic carbocycles. The fourth-order valence-electron chi connectivity index (χ4n) is 2.65. The molecule has 1 aromatic rings. The van der Waals surface area contributed by atoms with Crippen molar-refractivity contribution in [2.75, 3.05) is 13.2 Å². The maximum Gasteiger partial charge on any atom is 0.0700 e. The summed E-state index contributed by atoms with van der Waals surface area (Å²) >= 11 is 0. The molecule has 106 valence electrons. The predicted molar refractivity (Wildman–Crippen MR) is 80.4 cm³/mol. The molecule has 2 unspecified atom stereocenters. The molecule has 0 bridgehead atoms. The van der Waals surface area contributed by atoms with E-state index in [1.807, 2.05) is 0 Å². The van der Waals surface area contributed by atoms with E-state index in [0.29, 0.717) is 12.1 Å². The lowest BCUT2D eigenvalue weighted by molar-refractivity contribution is 0.108. The Hall–Kier alpha value is -0.860. The maximum absolute atomic E-state index is 5.64. The minimum atomic E-state index is 0.400. The number of rotatable bonds is 6. The lowest BCUT2D eigenvalue weighted by Gasteiger charge is -2.17. The molecule has 2 heteroatoms. The molecular weight excluding hydrogens is 234 g/mol. The van der Waals surface area contributed by atoms with Gasteiger partial charge in [-0.25, -0.2) is 0 Å². The SMILES string of the molecule is CC(C)Cc1ccc(C(C)NCC2CCCO2)cc1. The summed E-state index contributed by atoms with van der Waals surface area (Å²) in [6.45, 7) is 8.66. The van der Waals surface area contributed by atoms with Crippen LogP contribution in [0.15, 0.2) is 24.3 Å². The second-order valence-electron chi connectivity index (χ2n) is 6.10. The topological polar surface area (TPSA) is 21.3 Å². The van der Waals surface area contributed by atoms with Crippen LogP contribution in [0.5, 0.6) is 0 Å². The molecule has 1 N–H and O–H groups in total. The fourth-order valence-corrected chi connectivity index (χ4v) is 2.65. The minimum absolute atomic E-state index is 0.400. The van der Waals surface area contributed by atoms with Gasteiger partial charge in [-0.2, -0.15) is 0 Å². The number of nitrogens with one attached hydrogen (secondary N) is 1. The molecule has 2 rings (SSSR count). The van der Waals surface area contributed by atoms with E-state index in [1.165, 1.54) is 24.0 Å². The Morgan fingerprint density at radius 3 is 2.53 bits per heavy atom. The average molecular weight is 261 g/mol. The Labute approximate surface area is 117 Å². The zero-order valence-corrected chi connectivity index (χ0v) is 12.5. The monoisotopic (exact) mass is 261 g/mol. The number of ether oxygens (including phenoxy) is 1. The van der Waals surface area contributed by atoms with Crippen LogP contribution in [-0.4, -0.2) is 19.3 Å². The molecule has 2 atom stereocenters. The summed E-state index contributed by atoms with van der Waals surface area (Å²) < 4.78 is 5.64. The molecule has 1 aliphatic rings. The highest BCUT2D eigenvalue weighted by Crippen LogP contribution is 2.17. The second kappa shape index (κ2) is 7.06. The molecule has 19 heavy (non-hydrogen) atoms. The molecule has 1 heterocycles. The standard InChI is InChI=1S/C17H27NO/c1-13(2)11-15-6-8-16(9-7-15)14(3)18-12-17-5-4-10-19-17/h6-9,13-14,17-18H,4-5,10-12H2,1-3H3. The van der Waals surface area contributed by atoms with Gasteiger partial charge < -0.3 is 10.1 Å². The van der Waals surface area contributed by atoms with Gasteiger partial charge in [-0.3, -0.25) is 0 Å². The van der Waals surface area contributed by atoms with Gasteiger partial charge in [0.1, 0.15) is 0 Å². The lowest BCUT2D eigenvalue weighted by Crippen LogP contribution is -2.28. The molecule has 0 saturated carbocycles. The van der Waals surface area contributed by atoms with Gasteiger partial charge in [0.25, 0.3) is 0 Å². The van der Waals surface area contributed by atoms with E-state index in [2.05, 4.69) is 50.4 Å². The van der Waals surface area contributed by atoms with Crippen molar-refractivity contribution in [1.29, 1.82) is 0 Å². The zero-order chi connectivity index (χ0) is 13.7. The van der Waals surface area contributed by atoms with Crippen LogP contribution in [0, 0.1) is 5.92 Å². The third-order valence-corrected chi connectivity index (χ3v) is 3.80. The summed E-state index contributed by atoms with van der Waals surface area (Å²) in [5, 5.41) is 3.58. The van der Waals surface area contributed by atoms with Crippen molar-refractivity contribution in [1.82, 2.24) is 5.32 Å². The van der Waals surface area contributed by atoms with Crippen LogP contribution in [0.4, 0.5) is 0 Å². The fraction of sp³-hybridized carbons (Fsp3) is 0.647. The van der Waals surface area contributed by atoms with Crippen molar-refractivity contribution in [3.05, 3.63) is 35.4 Å². The minimum Gasteiger partial charge on any atom is -0.377 e. The van der Waals surface area contributed by atoms with Gasteiger partial charge in [-0.15, -0.1) is 0 Å². The Morgan fingerprint density at radius 2 is 1.95 bits per heavy atom. The highest BCUT2D eigenvalue weighted by atomic mass is 16.5. The smallest absolute Gasteiger partial charge is 0.0700 e. The van der Waals surface area contributed by atoms with E-state index in [1.54, 1.807) is 0 Å². The normalized spacial score (nSPS) is 20.9. The Bertz CT molecular complexity index is 365. The van der Waals surface area contributed by atoms with Gasteiger partial charge in [0.2, 0.25) is 0 Å². The van der Waals surface area contributed by atoms with Crippen molar-refractivity contribution in [3.8, 4) is 0 Å². The molecule has 1 saturated heterocycles. The van der Waals surface area contributed by atoms with E-state index < -0.39 is 0 Å². The summed E-state index contributed by atoms with van der Waals surface area (Å²) in [5.41, 5.74) is 2.80. The quantitative estimate of drug-likeness (QED) is 0.843. The highest BCUT2D eigenvalue weighted by molar-refractivity contribution is 5.25. The summed E-state index contributed by atoms with van der Waals surface area (Å²) in [5.74, 6) is 0.723. The molecule has 1 aromatic carbocycles. The Kier molecular flexibility index (Phi) is 5.41. The Morgan fingerprint density at radius 1 is 1.21 bits per heavy atom. The Balaban J connectivity index is 1.82. The molecular formula is C17H27NO. The first-order valence-electron chi connectivity index (χ1n) is 7.59. The van der Waals surface area contributed by atoms with Gasteiger partial charge in [-0.1, -0.05) is 38.1 Å². The van der Waals surface area contributed by atoms with Gasteiger partial charge in [0, 0.05) is 19.2 Å². The van der Waals surface area contributed by atoms with Gasteiger partial charge >= 0.3 is 0 Å². The van der Waals surface area contributed by atoms with Crippen LogP contribution in [0.1, 0.15) is 50.8 Å². The second-order valence-corrected chi connectivity index (χ2v) is 6.10. The summed E-state index contributed by atoms with van der Waals surface area (Å²) in [6, 6.07) is 9.44. The van der Waals surface area contributed by atoms with E-state index in [9.17, 15) is 0 Å². The van der Waals surface area contributed by atoms with E-state index in [4.69, 9.17) is 4.74 Å². The van der Waals surface area contributed by atoms with Crippen molar-refractivity contribution < 1.29 is 4.74 Å². The lowest BCUT2D eigenvalue weighted by atomic mass is 10.00. The van der Waals surface area contributed by atoms with Crippen molar-refractivity contribution in [2.45, 2.75) is 52.2 Å². The summed E-state index contributed by atoms with van der Waals surface area (Å²) in [6.07, 6.45) is 4.00. The van der Waals surface area contributed by atoms with Gasteiger partial charge in [0.05, 0.1) is 6.10 Å². The van der Waals surface area contributed by atoms with Crippen LogP contribution in [0.3, 0.4) is 0 Å². The maximum atomic E-state index is 5.64. The van der Waals surface area contributed by atoms with Crippen LogP contribution < -0.4 is 5.32 Å². The van der Waals surface area contributed by atoms with Crippen molar-refractivity contribution in [3.63, 3.8) is 0 Å². The molecule has 1 aliphatic heterocycles. The molecule has 1 fully saturated rings. The van der Waals surface area contributed by atoms with E-state index >= 15 is 0 Å². The number of benzene rings is 1. The molecule has 0 spiro atoms. The molecule has 0 radical (unpaired) electrons. The summed E-state index contributed by atoms with van der Waals surface area (Å²) in [7, 11) is 0. The molecule has 2 nitrogen and oxygen atoms in total. The largest absolute Gasteiger partial charge is 0.377 e. The first-order valence-corrected chi connectivity index (χ1v) is 7.59. The van der Waals surface area contributed by atoms with Crippen molar-refractivity contribution >= 4 is 0 Å². The van der Waals surface area contributed by atoms with Gasteiger partial charge in [-0.05, 0) is 43.2 Å². The van der Waals surface area contributed by atoms with Crippen LogP contribution in [0.2, 0.25) is 0 Å². The van der Waals surface area contributed by atoms with Crippen LogP contribution >= 0.6 is 0 Å². The van der Waals surface area contributed by atoms with Crippen LogP contribution in [0.25, 0.3) is 0 Å². The van der Waals surface area contributed by atoms with Crippen molar-refractivity contribution in [2.24, 2.45) is 5.92 Å². The van der Waals surface area contributed by atoms with E-state index in [0.717, 1.165) is 25.5 Å². The predicted octanol–water partition coefficient (Wildman–Crippen LogP) is 3.71. The molecule has 0 amide bonds.